The van der Waals surface area contributed by atoms with Crippen molar-refractivity contribution in [3.63, 3.8) is 0 Å². The van der Waals surface area contributed by atoms with Crippen molar-refractivity contribution in [2.45, 2.75) is 92.3 Å². The highest BCUT2D eigenvalue weighted by Crippen LogP contribution is 2.45. The van der Waals surface area contributed by atoms with E-state index in [2.05, 4.69) is 112 Å². The van der Waals surface area contributed by atoms with E-state index in [0.29, 0.717) is 5.92 Å². The molecule has 3 atom stereocenters. The minimum atomic E-state index is -0.402. The third-order valence-electron chi connectivity index (χ3n) is 8.86. The Labute approximate surface area is 265 Å². The quantitative estimate of drug-likeness (QED) is 0.227. The molecule has 0 bridgehead atoms. The predicted molar refractivity (Wildman–Crippen MR) is 190 cm³/mol. The van der Waals surface area contributed by atoms with Gasteiger partial charge in [-0.05, 0) is 104 Å². The number of hydrogen-bond acceptors (Lipinski definition) is 3. The fourth-order valence-corrected chi connectivity index (χ4v) is 6.69. The van der Waals surface area contributed by atoms with Crippen LogP contribution in [0.3, 0.4) is 0 Å². The maximum absolute atomic E-state index is 14.1. The van der Waals surface area contributed by atoms with Crippen LogP contribution in [0.25, 0.3) is 6.08 Å². The van der Waals surface area contributed by atoms with Crippen molar-refractivity contribution < 1.29 is 6.22 Å². The summed E-state index contributed by atoms with van der Waals surface area (Å²) in [6.45, 7) is 12.3. The van der Waals surface area contributed by atoms with E-state index >= 15 is 0 Å². The Hall–Kier alpha value is -2.94. The van der Waals surface area contributed by atoms with Gasteiger partial charge in [0.05, 0.1) is 11.5 Å². The van der Waals surface area contributed by atoms with Crippen LogP contribution in [0, 0.1) is 18.3 Å². The van der Waals surface area contributed by atoms with Gasteiger partial charge in [0.2, 0.25) is 5.91 Å². The van der Waals surface area contributed by atoms with E-state index in [0.717, 1.165) is 38.5 Å². The summed E-state index contributed by atoms with van der Waals surface area (Å²) < 4.78 is 0. The highest BCUT2D eigenvalue weighted by molar-refractivity contribution is 7.27. The van der Waals surface area contributed by atoms with Crippen LogP contribution in [0.2, 0.25) is 0 Å². The summed E-state index contributed by atoms with van der Waals surface area (Å²) in [5.74, 6) is 0.617. The lowest BCUT2D eigenvalue weighted by Crippen LogP contribution is -2.47. The number of rotatable bonds is 8. The molecule has 0 saturated heterocycles. The molecular weight excluding hydrogens is 545 g/mol. The predicted octanol–water partition coefficient (Wildman–Crippen LogP) is 8.64. The van der Waals surface area contributed by atoms with Gasteiger partial charge in [-0.15, -0.1) is 9.24 Å². The first-order valence-electron chi connectivity index (χ1n) is 16.4. The van der Waals surface area contributed by atoms with E-state index in [9.17, 15) is 4.79 Å². The lowest BCUT2D eigenvalue weighted by Gasteiger charge is -2.42. The van der Waals surface area contributed by atoms with Crippen LogP contribution in [-0.2, 0) is 11.2 Å². The molecule has 43 heavy (non-hydrogen) atoms. The average Bonchev–Trinajstić information content (AvgIpc) is 3.06. The van der Waals surface area contributed by atoms with Crippen LogP contribution >= 0.6 is 9.24 Å². The van der Waals surface area contributed by atoms with Crippen molar-refractivity contribution in [3.05, 3.63) is 106 Å². The molecule has 2 aliphatic rings. The van der Waals surface area contributed by atoms with Crippen molar-refractivity contribution in [1.82, 2.24) is 16.0 Å². The summed E-state index contributed by atoms with van der Waals surface area (Å²) in [5, 5.41) is 12.0. The molecule has 1 fully saturated rings. The van der Waals surface area contributed by atoms with E-state index in [1.54, 1.807) is 0 Å². The second-order valence-corrected chi connectivity index (χ2v) is 12.0. The first-order valence-corrected chi connectivity index (χ1v) is 17.0. The number of amides is 1. The molecule has 5 rings (SSSR count). The molecule has 0 radical (unpaired) electrons. The number of hydrogen-bond donors (Lipinski definition) is 3. The highest BCUT2D eigenvalue weighted by atomic mass is 31.0. The second kappa shape index (κ2) is 16.8. The number of carbonyl (C=O) groups is 1. The Kier molecular flexibility index (Phi) is 13.5. The fraction of sp³-hybridized carbons (Fsp3) is 0.447. The zero-order valence-corrected chi connectivity index (χ0v) is 28.6. The Morgan fingerprint density at radius 1 is 1.00 bits per heavy atom. The van der Waals surface area contributed by atoms with E-state index < -0.39 is 5.41 Å². The number of benzene rings is 3. The third-order valence-corrected chi connectivity index (χ3v) is 9.48. The fourth-order valence-electron chi connectivity index (χ4n) is 6.43. The molecule has 4 nitrogen and oxygen atoms in total. The smallest absolute Gasteiger partial charge is 0.227 e. The van der Waals surface area contributed by atoms with Crippen LogP contribution in [-0.4, -0.2) is 13.0 Å². The molecule has 1 saturated carbocycles. The third kappa shape index (κ3) is 8.37. The molecule has 3 N–H and O–H groups in total. The molecule has 234 valence electrons. The number of aryl methyl sites for hydroxylation is 1. The highest BCUT2D eigenvalue weighted by Gasteiger charge is 2.43. The van der Waals surface area contributed by atoms with Gasteiger partial charge in [0.15, 0.2) is 0 Å². The van der Waals surface area contributed by atoms with Gasteiger partial charge >= 0.3 is 0 Å². The van der Waals surface area contributed by atoms with Gasteiger partial charge in [-0.25, -0.2) is 0 Å². The molecule has 1 amide bonds. The molecule has 1 aliphatic heterocycles. The molecule has 1 aliphatic carbocycles. The van der Waals surface area contributed by atoms with Crippen LogP contribution in [0.1, 0.15) is 108 Å². The second-order valence-electron chi connectivity index (χ2n) is 11.4. The normalized spacial score (nSPS) is 21.3. The van der Waals surface area contributed by atoms with Gasteiger partial charge in [0, 0.05) is 7.12 Å². The monoisotopic (exact) mass is 601 g/mol. The van der Waals surface area contributed by atoms with Crippen molar-refractivity contribution in [3.8, 4) is 0 Å². The van der Waals surface area contributed by atoms with E-state index in [1.807, 2.05) is 40.8 Å². The molecule has 0 aromatic heterocycles. The van der Waals surface area contributed by atoms with Gasteiger partial charge in [0.1, 0.15) is 6.17 Å². The van der Waals surface area contributed by atoms with Gasteiger partial charge < -0.3 is 10.6 Å². The van der Waals surface area contributed by atoms with Crippen molar-refractivity contribution in [2.24, 2.45) is 11.3 Å². The summed E-state index contributed by atoms with van der Waals surface area (Å²) >= 11 is 0. The van der Waals surface area contributed by atoms with Crippen LogP contribution in [0.4, 0.5) is 0 Å². The SMILES string of the molecule is CC.CC.CC[C@@H](NC(=O)C1(Cc2ccccc2)CCC(C2=Cc3cc(C)c(P)cc3C(NC)N2)CC1)c1ccccc1.[HH]. The van der Waals surface area contributed by atoms with Gasteiger partial charge in [-0.1, -0.05) is 101 Å². The largest absolute Gasteiger partial charge is 0.369 e. The number of nitrogens with one attached hydrogen (secondary N) is 3. The van der Waals surface area contributed by atoms with Crippen LogP contribution < -0.4 is 21.3 Å². The topological polar surface area (TPSA) is 53.2 Å². The summed E-state index contributed by atoms with van der Waals surface area (Å²) in [6.07, 6.45) is 7.84. The zero-order valence-electron chi connectivity index (χ0n) is 27.5. The van der Waals surface area contributed by atoms with E-state index in [-0.39, 0.29) is 19.5 Å². The Balaban J connectivity index is 0.00000130. The minimum absolute atomic E-state index is 0. The van der Waals surface area contributed by atoms with Crippen molar-refractivity contribution >= 4 is 26.5 Å². The first kappa shape index (κ1) is 34.5. The van der Waals surface area contributed by atoms with Crippen LogP contribution in [0.5, 0.6) is 0 Å². The van der Waals surface area contributed by atoms with Crippen LogP contribution in [0.15, 0.2) is 78.5 Å². The van der Waals surface area contributed by atoms with E-state index in [4.69, 9.17) is 0 Å². The molecule has 5 heteroatoms. The minimum Gasteiger partial charge on any atom is -0.369 e. The lowest BCUT2D eigenvalue weighted by atomic mass is 9.65. The maximum atomic E-state index is 14.1. The van der Waals surface area contributed by atoms with Gasteiger partial charge in [0.25, 0.3) is 0 Å². The Bertz CT molecular complexity index is 1320. The standard InChI is InChI=1S/C34H42N3OP.2C2H6.H2/c1-4-29(25-13-9-6-10-14-25)37-33(38)34(22-24-11-7-5-8-12-24)17-15-26(16-18-34)30-20-27-19-23(2)31(39)21-28(27)32(35-3)36-30;2*1-2;/h5-14,19-21,26,29,32,35-36H,4,15-18,22,39H2,1-3H3,(H,37,38);2*1-2H3;1H/t26?,29-,32?,34?;;;/m1.../s1. The van der Waals surface area contributed by atoms with E-state index in [1.165, 1.54) is 38.8 Å². The molecular formula is C38H56N3OP. The number of allylic oxidation sites excluding steroid dienone is 1. The Morgan fingerprint density at radius 3 is 2.19 bits per heavy atom. The lowest BCUT2D eigenvalue weighted by molar-refractivity contribution is -0.134. The number of fused-ring (bicyclic) bond motifs is 1. The van der Waals surface area contributed by atoms with Gasteiger partial charge in [-0.3, -0.25) is 10.1 Å². The Morgan fingerprint density at radius 2 is 1.60 bits per heavy atom. The van der Waals surface area contributed by atoms with Crippen molar-refractivity contribution in [1.29, 1.82) is 0 Å². The first-order chi connectivity index (χ1) is 20.9. The molecule has 1 heterocycles. The summed E-state index contributed by atoms with van der Waals surface area (Å²) in [4.78, 5) is 14.1. The number of carbonyl (C=O) groups excluding carboxylic acids is 1. The molecule has 3 aromatic carbocycles. The van der Waals surface area contributed by atoms with Gasteiger partial charge in [-0.2, -0.15) is 0 Å². The maximum Gasteiger partial charge on any atom is 0.227 e. The molecule has 0 spiro atoms. The molecule has 2 unspecified atom stereocenters. The van der Waals surface area contributed by atoms with Crippen molar-refractivity contribution in [2.75, 3.05) is 7.05 Å². The summed E-state index contributed by atoms with van der Waals surface area (Å²) in [6, 6.07) is 25.5. The molecule has 3 aromatic rings. The zero-order chi connectivity index (χ0) is 31.4. The summed E-state index contributed by atoms with van der Waals surface area (Å²) in [7, 11) is 4.87. The average molecular weight is 602 g/mol. The summed E-state index contributed by atoms with van der Waals surface area (Å²) in [5.41, 5.74) is 7.17.